The summed E-state index contributed by atoms with van der Waals surface area (Å²) in [6, 6.07) is 14.4. The van der Waals surface area contributed by atoms with Gasteiger partial charge in [0, 0.05) is 29.9 Å². The summed E-state index contributed by atoms with van der Waals surface area (Å²) < 4.78 is 15.4. The van der Waals surface area contributed by atoms with Crippen molar-refractivity contribution in [1.29, 1.82) is 0 Å². The lowest BCUT2D eigenvalue weighted by Crippen LogP contribution is -2.14. The van der Waals surface area contributed by atoms with Crippen molar-refractivity contribution in [3.05, 3.63) is 83.8 Å². The number of rotatable bonds is 6. The second kappa shape index (κ2) is 8.37. The van der Waals surface area contributed by atoms with Crippen LogP contribution in [-0.4, -0.2) is 36.1 Å². The van der Waals surface area contributed by atoms with Gasteiger partial charge in [-0.3, -0.25) is 4.40 Å². The Hall–Kier alpha value is -3.82. The first kappa shape index (κ1) is 20.1. The Morgan fingerprint density at radius 3 is 2.75 bits per heavy atom. The zero-order valence-electron chi connectivity index (χ0n) is 16.7. The summed E-state index contributed by atoms with van der Waals surface area (Å²) in [5.74, 6) is 0.126. The quantitative estimate of drug-likeness (QED) is 0.355. The van der Waals surface area contributed by atoms with Crippen LogP contribution >= 0.6 is 11.3 Å². The average molecular weight is 447 g/mol. The number of phenolic OH excluding ortho intramolecular Hbond substituents is 1. The van der Waals surface area contributed by atoms with Crippen molar-refractivity contribution in [2.24, 2.45) is 0 Å². The van der Waals surface area contributed by atoms with Crippen LogP contribution in [0.1, 0.15) is 11.7 Å². The number of aromatic nitrogens is 4. The summed E-state index contributed by atoms with van der Waals surface area (Å²) in [7, 11) is 0. The molecule has 0 radical (unpaired) electrons. The first-order valence-corrected chi connectivity index (χ1v) is 10.7. The SMILES string of the molecule is Oc1cccc(C(O)CNc2nccc(-c3c(-c4ccc(F)cc4)nc4sccn34)n2)c1. The monoisotopic (exact) mass is 447 g/mol. The Bertz CT molecular complexity index is 1380. The molecule has 7 nitrogen and oxygen atoms in total. The van der Waals surface area contributed by atoms with E-state index in [9.17, 15) is 14.6 Å². The Labute approximate surface area is 186 Å². The fraction of sp³-hybridized carbons (Fsp3) is 0.0870. The molecular formula is C23H18FN5O2S. The van der Waals surface area contributed by atoms with Crippen molar-refractivity contribution >= 4 is 22.2 Å². The maximum atomic E-state index is 13.4. The number of halogens is 1. The fourth-order valence-corrected chi connectivity index (χ4v) is 4.17. The second-order valence-corrected chi connectivity index (χ2v) is 8.00. The molecule has 0 spiro atoms. The van der Waals surface area contributed by atoms with Crippen molar-refractivity contribution < 1.29 is 14.6 Å². The molecule has 0 amide bonds. The number of anilines is 1. The Balaban J connectivity index is 1.46. The normalized spacial score (nSPS) is 12.2. The number of aliphatic hydroxyl groups is 1. The number of hydrogen-bond acceptors (Lipinski definition) is 7. The van der Waals surface area contributed by atoms with E-state index in [0.29, 0.717) is 22.9 Å². The van der Waals surface area contributed by atoms with Crippen molar-refractivity contribution in [2.75, 3.05) is 11.9 Å². The molecule has 0 bridgehead atoms. The van der Waals surface area contributed by atoms with Crippen LogP contribution in [0.25, 0.3) is 27.6 Å². The average Bonchev–Trinajstić information content (AvgIpc) is 3.39. The minimum atomic E-state index is -0.845. The van der Waals surface area contributed by atoms with E-state index in [0.717, 1.165) is 16.2 Å². The molecular weight excluding hydrogens is 429 g/mol. The molecule has 0 saturated heterocycles. The van der Waals surface area contributed by atoms with Gasteiger partial charge in [0.05, 0.1) is 17.5 Å². The number of phenols is 1. The lowest BCUT2D eigenvalue weighted by molar-refractivity contribution is 0.191. The maximum Gasteiger partial charge on any atom is 0.223 e. The molecule has 0 saturated carbocycles. The van der Waals surface area contributed by atoms with E-state index in [1.54, 1.807) is 42.6 Å². The summed E-state index contributed by atoms with van der Waals surface area (Å²) in [6.07, 6.45) is 2.70. The second-order valence-electron chi connectivity index (χ2n) is 7.13. The van der Waals surface area contributed by atoms with Crippen molar-refractivity contribution in [2.45, 2.75) is 6.10 Å². The molecule has 0 aliphatic carbocycles. The molecule has 5 rings (SSSR count). The van der Waals surface area contributed by atoms with Crippen LogP contribution in [0, 0.1) is 5.82 Å². The van der Waals surface area contributed by atoms with E-state index in [-0.39, 0.29) is 18.1 Å². The summed E-state index contributed by atoms with van der Waals surface area (Å²) in [5, 5.41) is 25.0. The molecule has 0 fully saturated rings. The van der Waals surface area contributed by atoms with Crippen LogP contribution < -0.4 is 5.32 Å². The van der Waals surface area contributed by atoms with Crippen LogP contribution in [0.3, 0.4) is 0 Å². The van der Waals surface area contributed by atoms with Crippen molar-refractivity contribution in [3.8, 4) is 28.4 Å². The molecule has 2 aromatic carbocycles. The van der Waals surface area contributed by atoms with Gasteiger partial charge in [-0.2, -0.15) is 0 Å². The summed E-state index contributed by atoms with van der Waals surface area (Å²) >= 11 is 1.50. The lowest BCUT2D eigenvalue weighted by Gasteiger charge is -2.13. The lowest BCUT2D eigenvalue weighted by atomic mass is 10.1. The Morgan fingerprint density at radius 1 is 1.09 bits per heavy atom. The third kappa shape index (κ3) is 3.91. The summed E-state index contributed by atoms with van der Waals surface area (Å²) in [6.45, 7) is 0.165. The van der Waals surface area contributed by atoms with Crippen LogP contribution in [0.15, 0.2) is 72.4 Å². The molecule has 160 valence electrons. The highest BCUT2D eigenvalue weighted by atomic mass is 32.1. The van der Waals surface area contributed by atoms with E-state index < -0.39 is 6.10 Å². The van der Waals surface area contributed by atoms with Crippen LogP contribution in [-0.2, 0) is 0 Å². The van der Waals surface area contributed by atoms with Gasteiger partial charge in [-0.05, 0) is 48.0 Å². The molecule has 3 aromatic heterocycles. The Morgan fingerprint density at radius 2 is 1.94 bits per heavy atom. The van der Waals surface area contributed by atoms with Gasteiger partial charge >= 0.3 is 0 Å². The number of fused-ring (bicyclic) bond motifs is 1. The minimum absolute atomic E-state index is 0.0913. The van der Waals surface area contributed by atoms with E-state index in [4.69, 9.17) is 4.98 Å². The third-order valence-electron chi connectivity index (χ3n) is 4.99. The molecule has 3 heterocycles. The first-order chi connectivity index (χ1) is 15.6. The number of hydrogen-bond donors (Lipinski definition) is 3. The predicted molar refractivity (Wildman–Crippen MR) is 121 cm³/mol. The largest absolute Gasteiger partial charge is 0.508 e. The van der Waals surface area contributed by atoms with Crippen LogP contribution in [0.5, 0.6) is 5.75 Å². The number of nitrogens with one attached hydrogen (secondary N) is 1. The molecule has 32 heavy (non-hydrogen) atoms. The van der Waals surface area contributed by atoms with Gasteiger partial charge < -0.3 is 15.5 Å². The van der Waals surface area contributed by atoms with E-state index >= 15 is 0 Å². The number of imidazole rings is 1. The molecule has 0 aliphatic heterocycles. The molecule has 1 unspecified atom stereocenters. The van der Waals surface area contributed by atoms with Gasteiger partial charge in [0.2, 0.25) is 5.95 Å². The van der Waals surface area contributed by atoms with Gasteiger partial charge in [0.15, 0.2) is 4.96 Å². The number of thiazole rings is 1. The number of aromatic hydroxyl groups is 1. The van der Waals surface area contributed by atoms with Gasteiger partial charge in [-0.15, -0.1) is 11.3 Å². The smallest absolute Gasteiger partial charge is 0.223 e. The topological polar surface area (TPSA) is 95.6 Å². The van der Waals surface area contributed by atoms with E-state index in [2.05, 4.69) is 15.3 Å². The predicted octanol–water partition coefficient (Wildman–Crippen LogP) is 4.51. The zero-order valence-corrected chi connectivity index (χ0v) is 17.5. The first-order valence-electron chi connectivity index (χ1n) is 9.84. The van der Waals surface area contributed by atoms with Gasteiger partial charge in [0.1, 0.15) is 17.3 Å². The third-order valence-corrected chi connectivity index (χ3v) is 5.74. The van der Waals surface area contributed by atoms with Crippen molar-refractivity contribution in [1.82, 2.24) is 19.4 Å². The summed E-state index contributed by atoms with van der Waals surface area (Å²) in [4.78, 5) is 14.4. The highest BCUT2D eigenvalue weighted by Gasteiger charge is 2.19. The van der Waals surface area contributed by atoms with Crippen LogP contribution in [0.2, 0.25) is 0 Å². The fourth-order valence-electron chi connectivity index (χ4n) is 3.45. The van der Waals surface area contributed by atoms with Gasteiger partial charge in [-0.25, -0.2) is 19.3 Å². The highest BCUT2D eigenvalue weighted by Crippen LogP contribution is 2.33. The molecule has 3 N–H and O–H groups in total. The zero-order chi connectivity index (χ0) is 22.1. The van der Waals surface area contributed by atoms with E-state index in [1.807, 2.05) is 16.0 Å². The Kier molecular flexibility index (Phi) is 5.26. The van der Waals surface area contributed by atoms with Gasteiger partial charge in [-0.1, -0.05) is 12.1 Å². The van der Waals surface area contributed by atoms with Crippen LogP contribution in [0.4, 0.5) is 10.3 Å². The minimum Gasteiger partial charge on any atom is -0.508 e. The van der Waals surface area contributed by atoms with E-state index in [1.165, 1.54) is 29.5 Å². The van der Waals surface area contributed by atoms with Crippen molar-refractivity contribution in [3.63, 3.8) is 0 Å². The molecule has 9 heteroatoms. The molecule has 0 aliphatic rings. The maximum absolute atomic E-state index is 13.4. The van der Waals surface area contributed by atoms with Gasteiger partial charge in [0.25, 0.3) is 0 Å². The number of benzene rings is 2. The number of aliphatic hydroxyl groups excluding tert-OH is 1. The number of nitrogens with zero attached hydrogens (tertiary/aromatic N) is 4. The molecule has 5 aromatic rings. The standard InChI is InChI=1S/C23H18FN5O2S/c24-16-6-4-14(5-7-16)20-21(29-10-11-32-23(29)28-20)18-8-9-25-22(27-18)26-13-19(31)15-2-1-3-17(30)12-15/h1-12,19,30-31H,13H2,(H,25,26,27). The molecule has 1 atom stereocenters. The highest BCUT2D eigenvalue weighted by molar-refractivity contribution is 7.15. The summed E-state index contributed by atoms with van der Waals surface area (Å²) in [5.41, 5.74) is 3.47.